The topological polar surface area (TPSA) is 41.1 Å². The Hall–Kier alpha value is -2.20. The molecule has 1 amide bonds. The van der Waals surface area contributed by atoms with Crippen molar-refractivity contribution < 1.29 is 4.79 Å². The molecule has 1 atom stereocenters. The molecule has 2 aromatic rings. The van der Waals surface area contributed by atoms with Gasteiger partial charge in [0.2, 0.25) is 0 Å². The number of benzene rings is 2. The largest absolute Gasteiger partial charge is 0.356 e. The van der Waals surface area contributed by atoms with Gasteiger partial charge in [0, 0.05) is 5.56 Å². The molecule has 0 aliphatic rings. The second-order valence-electron chi connectivity index (χ2n) is 5.11. The summed E-state index contributed by atoms with van der Waals surface area (Å²) in [6, 6.07) is 17.6. The van der Waals surface area contributed by atoms with Crippen LogP contribution in [0.5, 0.6) is 0 Å². The van der Waals surface area contributed by atoms with Gasteiger partial charge in [-0.15, -0.1) is 0 Å². The van der Waals surface area contributed by atoms with E-state index in [0.717, 1.165) is 17.5 Å². The van der Waals surface area contributed by atoms with E-state index in [9.17, 15) is 4.79 Å². The van der Waals surface area contributed by atoms with Gasteiger partial charge in [0.15, 0.2) is 5.11 Å². The highest BCUT2D eigenvalue weighted by Gasteiger charge is 2.13. The van der Waals surface area contributed by atoms with Gasteiger partial charge in [0.1, 0.15) is 0 Å². The number of amides is 1. The highest BCUT2D eigenvalue weighted by molar-refractivity contribution is 7.80. The summed E-state index contributed by atoms with van der Waals surface area (Å²) < 4.78 is 0. The van der Waals surface area contributed by atoms with Crippen molar-refractivity contribution in [2.24, 2.45) is 0 Å². The first-order valence-electron chi connectivity index (χ1n) is 7.34. The summed E-state index contributed by atoms with van der Waals surface area (Å²) in [5.74, 6) is -0.182. The summed E-state index contributed by atoms with van der Waals surface area (Å²) in [6.07, 6.45) is 0.879. The van der Waals surface area contributed by atoms with E-state index in [4.69, 9.17) is 12.2 Å². The van der Waals surface area contributed by atoms with E-state index in [1.54, 1.807) is 6.07 Å². The predicted molar refractivity (Wildman–Crippen MR) is 93.9 cm³/mol. The zero-order valence-electron chi connectivity index (χ0n) is 12.8. The average molecular weight is 312 g/mol. The third-order valence-corrected chi connectivity index (χ3v) is 3.75. The third kappa shape index (κ3) is 4.15. The number of aryl methyl sites for hydroxylation is 1. The Bertz CT molecular complexity index is 655. The molecule has 0 radical (unpaired) electrons. The molecule has 0 aliphatic heterocycles. The van der Waals surface area contributed by atoms with E-state index >= 15 is 0 Å². The van der Waals surface area contributed by atoms with Crippen LogP contribution in [0.15, 0.2) is 54.6 Å². The molecule has 0 spiro atoms. The molecule has 3 nitrogen and oxygen atoms in total. The minimum Gasteiger partial charge on any atom is -0.356 e. The predicted octanol–water partition coefficient (Wildman–Crippen LogP) is 3.75. The number of hydrogen-bond donors (Lipinski definition) is 2. The minimum atomic E-state index is -0.182. The highest BCUT2D eigenvalue weighted by Crippen LogP contribution is 2.15. The zero-order valence-corrected chi connectivity index (χ0v) is 13.6. The SMILES string of the molecule is CCC(NC(=S)NC(=O)c1ccccc1C)c1ccccc1. The number of nitrogens with one attached hydrogen (secondary N) is 2. The van der Waals surface area contributed by atoms with Crippen LogP contribution in [-0.4, -0.2) is 11.0 Å². The number of carbonyl (C=O) groups is 1. The highest BCUT2D eigenvalue weighted by atomic mass is 32.1. The van der Waals surface area contributed by atoms with E-state index < -0.39 is 0 Å². The molecule has 0 fully saturated rings. The fourth-order valence-electron chi connectivity index (χ4n) is 2.30. The lowest BCUT2D eigenvalue weighted by atomic mass is 10.1. The lowest BCUT2D eigenvalue weighted by Gasteiger charge is -2.19. The van der Waals surface area contributed by atoms with E-state index in [1.165, 1.54) is 0 Å². The molecule has 0 heterocycles. The Morgan fingerprint density at radius 3 is 2.36 bits per heavy atom. The first-order valence-corrected chi connectivity index (χ1v) is 7.75. The van der Waals surface area contributed by atoms with Crippen molar-refractivity contribution in [3.8, 4) is 0 Å². The van der Waals surface area contributed by atoms with Gasteiger partial charge < -0.3 is 5.32 Å². The summed E-state index contributed by atoms with van der Waals surface area (Å²) in [5, 5.41) is 6.31. The second-order valence-corrected chi connectivity index (χ2v) is 5.52. The van der Waals surface area contributed by atoms with Gasteiger partial charge in [-0.3, -0.25) is 10.1 Å². The third-order valence-electron chi connectivity index (χ3n) is 3.53. The van der Waals surface area contributed by atoms with Gasteiger partial charge in [-0.05, 0) is 42.8 Å². The van der Waals surface area contributed by atoms with Crippen LogP contribution in [0, 0.1) is 6.92 Å². The number of thiocarbonyl (C=S) groups is 1. The molecule has 114 valence electrons. The van der Waals surface area contributed by atoms with Crippen LogP contribution < -0.4 is 10.6 Å². The Balaban J connectivity index is 2.00. The molecule has 4 heteroatoms. The Morgan fingerprint density at radius 2 is 1.73 bits per heavy atom. The number of rotatable bonds is 4. The first-order chi connectivity index (χ1) is 10.6. The van der Waals surface area contributed by atoms with Crippen molar-refractivity contribution in [2.75, 3.05) is 0 Å². The molecular formula is C18H20N2OS. The van der Waals surface area contributed by atoms with E-state index in [2.05, 4.69) is 17.6 Å². The molecule has 1 unspecified atom stereocenters. The quantitative estimate of drug-likeness (QED) is 0.845. The molecule has 0 saturated heterocycles. The Morgan fingerprint density at radius 1 is 1.09 bits per heavy atom. The molecule has 0 aromatic heterocycles. The van der Waals surface area contributed by atoms with Crippen molar-refractivity contribution in [2.45, 2.75) is 26.3 Å². The van der Waals surface area contributed by atoms with Crippen LogP contribution in [0.4, 0.5) is 0 Å². The van der Waals surface area contributed by atoms with Crippen LogP contribution in [0.2, 0.25) is 0 Å². The van der Waals surface area contributed by atoms with E-state index in [-0.39, 0.29) is 11.9 Å². The molecule has 2 rings (SSSR count). The molecule has 2 aromatic carbocycles. The van der Waals surface area contributed by atoms with Crippen LogP contribution in [-0.2, 0) is 0 Å². The normalized spacial score (nSPS) is 11.5. The summed E-state index contributed by atoms with van der Waals surface area (Å²) in [6.45, 7) is 3.99. The van der Waals surface area contributed by atoms with Crippen molar-refractivity contribution in [1.82, 2.24) is 10.6 Å². The Labute approximate surface area is 136 Å². The summed E-state index contributed by atoms with van der Waals surface area (Å²) in [4.78, 5) is 12.2. The summed E-state index contributed by atoms with van der Waals surface area (Å²) in [5.41, 5.74) is 2.72. The molecule has 0 saturated carbocycles. The van der Waals surface area contributed by atoms with E-state index in [0.29, 0.717) is 10.7 Å². The van der Waals surface area contributed by atoms with Crippen molar-refractivity contribution >= 4 is 23.2 Å². The van der Waals surface area contributed by atoms with Gasteiger partial charge >= 0.3 is 0 Å². The van der Waals surface area contributed by atoms with Crippen LogP contribution in [0.25, 0.3) is 0 Å². The lowest BCUT2D eigenvalue weighted by Crippen LogP contribution is -2.41. The monoisotopic (exact) mass is 312 g/mol. The molecule has 2 N–H and O–H groups in total. The first kappa shape index (κ1) is 16.2. The second kappa shape index (κ2) is 7.71. The summed E-state index contributed by atoms with van der Waals surface area (Å²) in [7, 11) is 0. The Kier molecular flexibility index (Phi) is 5.67. The van der Waals surface area contributed by atoms with Crippen molar-refractivity contribution in [1.29, 1.82) is 0 Å². The smallest absolute Gasteiger partial charge is 0.257 e. The van der Waals surface area contributed by atoms with Gasteiger partial charge in [-0.25, -0.2) is 0 Å². The molecule has 0 aliphatic carbocycles. The van der Waals surface area contributed by atoms with Gasteiger partial charge in [0.05, 0.1) is 6.04 Å². The minimum absolute atomic E-state index is 0.0888. The van der Waals surface area contributed by atoms with Gasteiger partial charge in [0.25, 0.3) is 5.91 Å². The standard InChI is InChI=1S/C18H20N2OS/c1-3-16(14-10-5-4-6-11-14)19-18(22)20-17(21)15-12-8-7-9-13(15)2/h4-12,16H,3H2,1-2H3,(H2,19,20,21,22). The van der Waals surface area contributed by atoms with Gasteiger partial charge in [-0.1, -0.05) is 55.5 Å². The molecular weight excluding hydrogens is 292 g/mol. The summed E-state index contributed by atoms with van der Waals surface area (Å²) >= 11 is 5.27. The number of hydrogen-bond acceptors (Lipinski definition) is 2. The fourth-order valence-corrected chi connectivity index (χ4v) is 2.53. The molecule has 22 heavy (non-hydrogen) atoms. The zero-order chi connectivity index (χ0) is 15.9. The maximum atomic E-state index is 12.2. The van der Waals surface area contributed by atoms with E-state index in [1.807, 2.05) is 55.5 Å². The van der Waals surface area contributed by atoms with Gasteiger partial charge in [-0.2, -0.15) is 0 Å². The number of carbonyl (C=O) groups excluding carboxylic acids is 1. The van der Waals surface area contributed by atoms with Crippen molar-refractivity contribution in [3.05, 3.63) is 71.3 Å². The van der Waals surface area contributed by atoms with Crippen LogP contribution in [0.3, 0.4) is 0 Å². The van der Waals surface area contributed by atoms with Crippen molar-refractivity contribution in [3.63, 3.8) is 0 Å². The molecule has 0 bridgehead atoms. The van der Waals surface area contributed by atoms with Crippen LogP contribution >= 0.6 is 12.2 Å². The maximum absolute atomic E-state index is 12.2. The van der Waals surface area contributed by atoms with Crippen LogP contribution in [0.1, 0.15) is 40.9 Å². The maximum Gasteiger partial charge on any atom is 0.257 e. The average Bonchev–Trinajstić information content (AvgIpc) is 2.53. The fraction of sp³-hybridized carbons (Fsp3) is 0.222. The lowest BCUT2D eigenvalue weighted by molar-refractivity contribution is 0.0976.